The van der Waals surface area contributed by atoms with Crippen molar-refractivity contribution in [2.24, 2.45) is 0 Å². The molecule has 0 amide bonds. The summed E-state index contributed by atoms with van der Waals surface area (Å²) in [5.74, 6) is 0.581. The van der Waals surface area contributed by atoms with Gasteiger partial charge in [0, 0.05) is 10.7 Å². The van der Waals surface area contributed by atoms with Gasteiger partial charge in [-0.3, -0.25) is 0 Å². The van der Waals surface area contributed by atoms with E-state index in [0.717, 1.165) is 14.6 Å². The van der Waals surface area contributed by atoms with Crippen LogP contribution in [0.1, 0.15) is 0 Å². The first-order valence-electron chi connectivity index (χ1n) is 4.60. The first-order valence-corrected chi connectivity index (χ1v) is 6.94. The summed E-state index contributed by atoms with van der Waals surface area (Å²) in [6.07, 6.45) is 1.67. The minimum Gasteiger partial charge on any atom is -0.338 e. The fourth-order valence-electron chi connectivity index (χ4n) is 1.23. The topological polar surface area (TPSA) is 24.9 Å². The van der Waals surface area contributed by atoms with E-state index in [1.54, 1.807) is 18.3 Å². The lowest BCUT2D eigenvalue weighted by Crippen LogP contribution is -1.95. The molecular formula is C11H6Br2Cl2N2. The van der Waals surface area contributed by atoms with Crippen molar-refractivity contribution in [2.45, 2.75) is 0 Å². The van der Waals surface area contributed by atoms with E-state index in [9.17, 15) is 0 Å². The second kappa shape index (κ2) is 5.57. The van der Waals surface area contributed by atoms with Gasteiger partial charge in [-0.2, -0.15) is 0 Å². The van der Waals surface area contributed by atoms with E-state index in [0.29, 0.717) is 15.9 Å². The highest BCUT2D eigenvalue weighted by Gasteiger charge is 2.07. The molecule has 2 rings (SSSR count). The summed E-state index contributed by atoms with van der Waals surface area (Å²) < 4.78 is 1.61. The number of benzene rings is 1. The Bertz CT molecular complexity index is 561. The summed E-state index contributed by atoms with van der Waals surface area (Å²) >= 11 is 18.8. The highest BCUT2D eigenvalue weighted by atomic mass is 79.9. The number of hydrogen-bond donors (Lipinski definition) is 1. The van der Waals surface area contributed by atoms with Crippen molar-refractivity contribution in [3.8, 4) is 0 Å². The number of rotatable bonds is 2. The molecule has 1 aromatic carbocycles. The monoisotopic (exact) mass is 394 g/mol. The van der Waals surface area contributed by atoms with Crippen LogP contribution in [-0.4, -0.2) is 4.98 Å². The first-order chi connectivity index (χ1) is 8.08. The number of halogens is 4. The molecule has 0 radical (unpaired) electrons. The fourth-order valence-corrected chi connectivity index (χ4v) is 2.45. The maximum atomic E-state index is 6.07. The SMILES string of the molecule is Clc1cc(Br)cnc1Nc1cccc(Cl)c1Br. The molecule has 1 N–H and O–H groups in total. The van der Waals surface area contributed by atoms with Crippen molar-refractivity contribution in [1.82, 2.24) is 4.98 Å². The molecule has 0 bridgehead atoms. The van der Waals surface area contributed by atoms with Gasteiger partial charge in [-0.15, -0.1) is 0 Å². The average Bonchev–Trinajstić information content (AvgIpc) is 2.28. The van der Waals surface area contributed by atoms with Crippen LogP contribution in [0.15, 0.2) is 39.4 Å². The Morgan fingerprint density at radius 3 is 2.59 bits per heavy atom. The zero-order chi connectivity index (χ0) is 12.4. The Balaban J connectivity index is 2.35. The van der Waals surface area contributed by atoms with Crippen molar-refractivity contribution < 1.29 is 0 Å². The predicted octanol–water partition coefficient (Wildman–Crippen LogP) is 5.66. The summed E-state index contributed by atoms with van der Waals surface area (Å²) in [6, 6.07) is 7.31. The first kappa shape index (κ1) is 13.1. The van der Waals surface area contributed by atoms with Crippen LogP contribution in [0.5, 0.6) is 0 Å². The van der Waals surface area contributed by atoms with Gasteiger partial charge in [0.1, 0.15) is 5.82 Å². The van der Waals surface area contributed by atoms with E-state index >= 15 is 0 Å². The van der Waals surface area contributed by atoms with E-state index < -0.39 is 0 Å². The number of nitrogens with zero attached hydrogens (tertiary/aromatic N) is 1. The molecule has 0 saturated heterocycles. The molecule has 0 aliphatic carbocycles. The number of hydrogen-bond acceptors (Lipinski definition) is 2. The van der Waals surface area contributed by atoms with Crippen molar-refractivity contribution in [1.29, 1.82) is 0 Å². The molecule has 0 atom stereocenters. The molecule has 0 aliphatic rings. The highest BCUT2D eigenvalue weighted by molar-refractivity contribution is 9.11. The molecule has 1 aromatic heterocycles. The molecule has 2 nitrogen and oxygen atoms in total. The molecule has 1 heterocycles. The Morgan fingerprint density at radius 2 is 1.88 bits per heavy atom. The van der Waals surface area contributed by atoms with Crippen molar-refractivity contribution in [3.63, 3.8) is 0 Å². The normalized spacial score (nSPS) is 10.4. The van der Waals surface area contributed by atoms with Crippen LogP contribution >= 0.6 is 55.1 Å². The summed E-state index contributed by atoms with van der Waals surface area (Å²) in [4.78, 5) is 4.19. The van der Waals surface area contributed by atoms with Gasteiger partial charge in [0.2, 0.25) is 0 Å². The second-order valence-corrected chi connectivity index (χ2v) is 5.73. The number of anilines is 2. The van der Waals surface area contributed by atoms with Crippen molar-refractivity contribution >= 4 is 66.6 Å². The lowest BCUT2D eigenvalue weighted by atomic mass is 10.3. The Hall–Kier alpha value is -0.290. The lowest BCUT2D eigenvalue weighted by molar-refractivity contribution is 1.29. The third-order valence-electron chi connectivity index (χ3n) is 2.01. The molecule has 0 unspecified atom stereocenters. The van der Waals surface area contributed by atoms with Gasteiger partial charge in [0.25, 0.3) is 0 Å². The van der Waals surface area contributed by atoms with E-state index in [1.165, 1.54) is 0 Å². The minimum atomic E-state index is 0.534. The quantitative estimate of drug-likeness (QED) is 0.708. The maximum Gasteiger partial charge on any atom is 0.149 e. The standard InChI is InChI=1S/C11H6Br2Cl2N2/c12-6-4-8(15)11(16-5-6)17-9-3-1-2-7(14)10(9)13/h1-5H,(H,16,17). The third kappa shape index (κ3) is 3.13. The summed E-state index contributed by atoms with van der Waals surface area (Å²) in [5.41, 5.74) is 0.814. The molecule has 0 saturated carbocycles. The van der Waals surface area contributed by atoms with Gasteiger partial charge in [0.05, 0.1) is 20.2 Å². The van der Waals surface area contributed by atoms with E-state index in [-0.39, 0.29) is 0 Å². The lowest BCUT2D eigenvalue weighted by Gasteiger charge is -2.10. The van der Waals surface area contributed by atoms with Crippen LogP contribution in [0.3, 0.4) is 0 Å². The van der Waals surface area contributed by atoms with Crippen LogP contribution < -0.4 is 5.32 Å². The summed E-state index contributed by atoms with van der Waals surface area (Å²) in [6.45, 7) is 0. The molecule has 2 aromatic rings. The van der Waals surface area contributed by atoms with Crippen LogP contribution in [0.25, 0.3) is 0 Å². The average molecular weight is 397 g/mol. The summed E-state index contributed by atoms with van der Waals surface area (Å²) in [7, 11) is 0. The number of nitrogens with one attached hydrogen (secondary N) is 1. The van der Waals surface area contributed by atoms with Gasteiger partial charge in [-0.25, -0.2) is 4.98 Å². The van der Waals surface area contributed by atoms with Gasteiger partial charge in [-0.1, -0.05) is 29.3 Å². The molecular weight excluding hydrogens is 391 g/mol. The van der Waals surface area contributed by atoms with Gasteiger partial charge in [0.15, 0.2) is 0 Å². The van der Waals surface area contributed by atoms with Crippen molar-refractivity contribution in [2.75, 3.05) is 5.32 Å². The Labute approximate surface area is 126 Å². The maximum absolute atomic E-state index is 6.07. The van der Waals surface area contributed by atoms with Crippen LogP contribution in [0.2, 0.25) is 10.0 Å². The Kier molecular flexibility index (Phi) is 4.31. The number of aromatic nitrogens is 1. The zero-order valence-electron chi connectivity index (χ0n) is 8.35. The van der Waals surface area contributed by atoms with E-state index in [1.807, 2.05) is 12.1 Å². The summed E-state index contributed by atoms with van der Waals surface area (Å²) in [5, 5.41) is 4.27. The predicted molar refractivity (Wildman–Crippen MR) is 79.4 cm³/mol. The molecule has 0 fully saturated rings. The Morgan fingerprint density at radius 1 is 1.12 bits per heavy atom. The molecule has 0 spiro atoms. The van der Waals surface area contributed by atoms with Gasteiger partial charge >= 0.3 is 0 Å². The molecule has 0 aliphatic heterocycles. The van der Waals surface area contributed by atoms with Crippen LogP contribution in [-0.2, 0) is 0 Å². The smallest absolute Gasteiger partial charge is 0.149 e. The van der Waals surface area contributed by atoms with Crippen LogP contribution in [0.4, 0.5) is 11.5 Å². The van der Waals surface area contributed by atoms with Crippen molar-refractivity contribution in [3.05, 3.63) is 49.5 Å². The largest absolute Gasteiger partial charge is 0.338 e. The van der Waals surface area contributed by atoms with E-state index in [4.69, 9.17) is 23.2 Å². The molecule has 6 heteroatoms. The molecule has 88 valence electrons. The van der Waals surface area contributed by atoms with Gasteiger partial charge < -0.3 is 5.32 Å². The zero-order valence-corrected chi connectivity index (χ0v) is 13.0. The highest BCUT2D eigenvalue weighted by Crippen LogP contribution is 2.33. The van der Waals surface area contributed by atoms with E-state index in [2.05, 4.69) is 42.2 Å². The minimum absolute atomic E-state index is 0.534. The number of pyridine rings is 1. The molecule has 17 heavy (non-hydrogen) atoms. The second-order valence-electron chi connectivity index (χ2n) is 3.21. The van der Waals surface area contributed by atoms with Gasteiger partial charge in [-0.05, 0) is 50.1 Å². The van der Waals surface area contributed by atoms with Crippen LogP contribution in [0, 0.1) is 0 Å². The third-order valence-corrected chi connectivity index (χ3v) is 4.13. The fraction of sp³-hybridized carbons (Fsp3) is 0.